The Bertz CT molecular complexity index is 701. The Kier molecular flexibility index (Phi) is 5.93. The molecule has 0 unspecified atom stereocenters. The third-order valence-corrected chi connectivity index (χ3v) is 4.37. The normalized spacial score (nSPS) is 10.3. The highest BCUT2D eigenvalue weighted by atomic mass is 32.2. The maximum atomic E-state index is 12.1. The van der Waals surface area contributed by atoms with Gasteiger partial charge in [0.15, 0.2) is 11.5 Å². The van der Waals surface area contributed by atoms with Crippen LogP contribution in [0.1, 0.15) is 11.1 Å². The Morgan fingerprint density at radius 3 is 2.43 bits per heavy atom. The average molecular weight is 331 g/mol. The van der Waals surface area contributed by atoms with Gasteiger partial charge in [-0.3, -0.25) is 4.79 Å². The number of aryl methyl sites for hydroxylation is 2. The van der Waals surface area contributed by atoms with Gasteiger partial charge in [-0.05, 0) is 43.7 Å². The number of rotatable bonds is 6. The minimum Gasteiger partial charge on any atom is -0.493 e. The van der Waals surface area contributed by atoms with Crippen LogP contribution >= 0.6 is 11.8 Å². The van der Waals surface area contributed by atoms with E-state index in [-0.39, 0.29) is 5.91 Å². The fourth-order valence-electron chi connectivity index (χ4n) is 2.20. The summed E-state index contributed by atoms with van der Waals surface area (Å²) in [6.07, 6.45) is 0. The van der Waals surface area contributed by atoms with Crippen LogP contribution in [-0.4, -0.2) is 25.9 Å². The number of hydrogen-bond donors (Lipinski definition) is 1. The van der Waals surface area contributed by atoms with Gasteiger partial charge in [-0.1, -0.05) is 17.7 Å². The summed E-state index contributed by atoms with van der Waals surface area (Å²) in [4.78, 5) is 13.1. The molecule has 0 aromatic heterocycles. The molecule has 0 heterocycles. The van der Waals surface area contributed by atoms with Gasteiger partial charge >= 0.3 is 0 Å². The molecule has 0 saturated carbocycles. The highest BCUT2D eigenvalue weighted by Crippen LogP contribution is 2.31. The van der Waals surface area contributed by atoms with Crippen molar-refractivity contribution in [3.63, 3.8) is 0 Å². The van der Waals surface area contributed by atoms with Gasteiger partial charge in [0.2, 0.25) is 5.91 Å². The maximum Gasteiger partial charge on any atom is 0.234 e. The van der Waals surface area contributed by atoms with E-state index in [1.807, 2.05) is 44.2 Å². The smallest absolute Gasteiger partial charge is 0.234 e. The predicted molar refractivity (Wildman–Crippen MR) is 94.8 cm³/mol. The standard InChI is InChI=1S/C18H21NO3S/c1-12-5-7-15(13(2)9-12)19-18(20)11-23-14-6-8-16(21-3)17(10-14)22-4/h5-10H,11H2,1-4H3,(H,19,20). The zero-order valence-electron chi connectivity index (χ0n) is 13.8. The average Bonchev–Trinajstić information content (AvgIpc) is 2.55. The second-order valence-corrected chi connectivity index (χ2v) is 6.22. The molecule has 23 heavy (non-hydrogen) atoms. The summed E-state index contributed by atoms with van der Waals surface area (Å²) in [6, 6.07) is 11.6. The lowest BCUT2D eigenvalue weighted by molar-refractivity contribution is -0.113. The third-order valence-electron chi connectivity index (χ3n) is 3.38. The first-order valence-electron chi connectivity index (χ1n) is 7.25. The molecule has 2 aromatic rings. The van der Waals surface area contributed by atoms with E-state index in [1.165, 1.54) is 17.3 Å². The molecule has 4 nitrogen and oxygen atoms in total. The zero-order chi connectivity index (χ0) is 16.8. The van der Waals surface area contributed by atoms with Crippen LogP contribution in [0.15, 0.2) is 41.3 Å². The first-order valence-corrected chi connectivity index (χ1v) is 8.24. The third kappa shape index (κ3) is 4.66. The van der Waals surface area contributed by atoms with Crippen molar-refractivity contribution in [2.75, 3.05) is 25.3 Å². The maximum absolute atomic E-state index is 12.1. The zero-order valence-corrected chi connectivity index (χ0v) is 14.6. The first-order chi connectivity index (χ1) is 11.0. The minimum absolute atomic E-state index is 0.0308. The highest BCUT2D eigenvalue weighted by molar-refractivity contribution is 8.00. The molecule has 2 aromatic carbocycles. The molecule has 2 rings (SSSR count). The monoisotopic (exact) mass is 331 g/mol. The summed E-state index contributed by atoms with van der Waals surface area (Å²) in [5.74, 6) is 1.64. The molecule has 0 atom stereocenters. The summed E-state index contributed by atoms with van der Waals surface area (Å²) in [5.41, 5.74) is 3.10. The van der Waals surface area contributed by atoms with Gasteiger partial charge in [0.25, 0.3) is 0 Å². The van der Waals surface area contributed by atoms with Crippen molar-refractivity contribution in [3.8, 4) is 11.5 Å². The van der Waals surface area contributed by atoms with E-state index in [4.69, 9.17) is 9.47 Å². The van der Waals surface area contributed by atoms with Crippen molar-refractivity contribution < 1.29 is 14.3 Å². The number of carbonyl (C=O) groups excluding carboxylic acids is 1. The molecule has 0 radical (unpaired) electrons. The fourth-order valence-corrected chi connectivity index (χ4v) is 2.92. The highest BCUT2D eigenvalue weighted by Gasteiger charge is 2.08. The number of carbonyl (C=O) groups is 1. The van der Waals surface area contributed by atoms with Crippen LogP contribution in [0.3, 0.4) is 0 Å². The molecule has 0 spiro atoms. The van der Waals surface area contributed by atoms with Gasteiger partial charge in [-0.25, -0.2) is 0 Å². The van der Waals surface area contributed by atoms with Crippen LogP contribution in [0.2, 0.25) is 0 Å². The Labute approximate surface area is 141 Å². The lowest BCUT2D eigenvalue weighted by Gasteiger charge is -2.10. The van der Waals surface area contributed by atoms with Crippen molar-refractivity contribution in [1.82, 2.24) is 0 Å². The molecular formula is C18H21NO3S. The van der Waals surface area contributed by atoms with E-state index in [2.05, 4.69) is 11.4 Å². The van der Waals surface area contributed by atoms with Crippen LogP contribution < -0.4 is 14.8 Å². The van der Waals surface area contributed by atoms with Crippen LogP contribution in [0.5, 0.6) is 11.5 Å². The van der Waals surface area contributed by atoms with E-state index in [1.54, 1.807) is 14.2 Å². The van der Waals surface area contributed by atoms with E-state index in [0.717, 1.165) is 16.1 Å². The molecule has 1 amide bonds. The number of amides is 1. The van der Waals surface area contributed by atoms with Gasteiger partial charge in [-0.2, -0.15) is 0 Å². The fraction of sp³-hybridized carbons (Fsp3) is 0.278. The molecule has 0 bridgehead atoms. The number of nitrogens with one attached hydrogen (secondary N) is 1. The first kappa shape index (κ1) is 17.2. The molecular weight excluding hydrogens is 310 g/mol. The summed E-state index contributed by atoms with van der Waals surface area (Å²) < 4.78 is 10.5. The largest absolute Gasteiger partial charge is 0.493 e. The molecule has 0 fully saturated rings. The second kappa shape index (κ2) is 7.92. The summed E-state index contributed by atoms with van der Waals surface area (Å²) in [7, 11) is 3.20. The van der Waals surface area contributed by atoms with Crippen molar-refractivity contribution in [2.24, 2.45) is 0 Å². The number of ether oxygens (including phenoxy) is 2. The van der Waals surface area contributed by atoms with Gasteiger partial charge < -0.3 is 14.8 Å². The predicted octanol–water partition coefficient (Wildman–Crippen LogP) is 4.05. The van der Waals surface area contributed by atoms with Gasteiger partial charge in [-0.15, -0.1) is 11.8 Å². The van der Waals surface area contributed by atoms with Crippen LogP contribution in [0.25, 0.3) is 0 Å². The lowest BCUT2D eigenvalue weighted by atomic mass is 10.1. The minimum atomic E-state index is -0.0308. The molecule has 1 N–H and O–H groups in total. The Morgan fingerprint density at radius 2 is 1.78 bits per heavy atom. The van der Waals surface area contributed by atoms with Crippen LogP contribution in [0, 0.1) is 13.8 Å². The molecule has 0 aliphatic rings. The van der Waals surface area contributed by atoms with E-state index in [9.17, 15) is 4.79 Å². The van der Waals surface area contributed by atoms with Crippen LogP contribution in [-0.2, 0) is 4.79 Å². The number of methoxy groups -OCH3 is 2. The van der Waals surface area contributed by atoms with E-state index in [0.29, 0.717) is 17.3 Å². The Hall–Kier alpha value is -2.14. The van der Waals surface area contributed by atoms with Crippen molar-refractivity contribution in [2.45, 2.75) is 18.7 Å². The van der Waals surface area contributed by atoms with Crippen molar-refractivity contribution >= 4 is 23.4 Å². The topological polar surface area (TPSA) is 47.6 Å². The number of anilines is 1. The summed E-state index contributed by atoms with van der Waals surface area (Å²) in [5, 5.41) is 2.94. The van der Waals surface area contributed by atoms with Crippen LogP contribution in [0.4, 0.5) is 5.69 Å². The molecule has 122 valence electrons. The van der Waals surface area contributed by atoms with E-state index < -0.39 is 0 Å². The molecule has 0 aliphatic carbocycles. The molecule has 0 aliphatic heterocycles. The summed E-state index contributed by atoms with van der Waals surface area (Å²) >= 11 is 1.46. The molecule has 0 saturated heterocycles. The molecule has 5 heteroatoms. The number of benzene rings is 2. The van der Waals surface area contributed by atoms with Crippen molar-refractivity contribution in [1.29, 1.82) is 0 Å². The number of hydrogen-bond acceptors (Lipinski definition) is 4. The van der Waals surface area contributed by atoms with Crippen molar-refractivity contribution in [3.05, 3.63) is 47.5 Å². The van der Waals surface area contributed by atoms with Gasteiger partial charge in [0.05, 0.1) is 20.0 Å². The van der Waals surface area contributed by atoms with Gasteiger partial charge in [0.1, 0.15) is 0 Å². The second-order valence-electron chi connectivity index (χ2n) is 5.17. The lowest BCUT2D eigenvalue weighted by Crippen LogP contribution is -2.14. The van der Waals surface area contributed by atoms with Gasteiger partial charge in [0, 0.05) is 10.6 Å². The van der Waals surface area contributed by atoms with E-state index >= 15 is 0 Å². The Morgan fingerprint density at radius 1 is 1.04 bits per heavy atom. The summed E-state index contributed by atoms with van der Waals surface area (Å²) in [6.45, 7) is 4.02. The quantitative estimate of drug-likeness (QED) is 0.811. The number of thioether (sulfide) groups is 1. The Balaban J connectivity index is 1.96. The SMILES string of the molecule is COc1ccc(SCC(=O)Nc2ccc(C)cc2C)cc1OC.